The molecule has 0 aromatic heterocycles. The molecule has 0 saturated carbocycles. The van der Waals surface area contributed by atoms with Gasteiger partial charge in [0.15, 0.2) is 0 Å². The van der Waals surface area contributed by atoms with E-state index in [-0.39, 0.29) is 12.4 Å². The van der Waals surface area contributed by atoms with Crippen molar-refractivity contribution in [3.63, 3.8) is 0 Å². The van der Waals surface area contributed by atoms with E-state index in [0.29, 0.717) is 12.3 Å². The summed E-state index contributed by atoms with van der Waals surface area (Å²) in [6, 6.07) is 5.46. The summed E-state index contributed by atoms with van der Waals surface area (Å²) in [4.78, 5) is 0. The first-order chi connectivity index (χ1) is 7.94. The van der Waals surface area contributed by atoms with Gasteiger partial charge in [0.2, 0.25) is 10.0 Å². The van der Waals surface area contributed by atoms with E-state index >= 15 is 0 Å². The molecule has 0 bridgehead atoms. The third-order valence-corrected chi connectivity index (χ3v) is 3.89. The van der Waals surface area contributed by atoms with Crippen molar-refractivity contribution >= 4 is 31.6 Å². The van der Waals surface area contributed by atoms with E-state index in [2.05, 4.69) is 20.7 Å². The Morgan fingerprint density at radius 2 is 2.12 bits per heavy atom. The number of anilines is 1. The third kappa shape index (κ3) is 5.06. The van der Waals surface area contributed by atoms with Gasteiger partial charge in [-0.25, -0.2) is 8.42 Å². The van der Waals surface area contributed by atoms with Crippen molar-refractivity contribution < 1.29 is 13.2 Å². The van der Waals surface area contributed by atoms with Crippen molar-refractivity contribution in [3.8, 4) is 0 Å². The average Bonchev–Trinajstić information content (AvgIpc) is 2.23. The smallest absolute Gasteiger partial charge is 0.235 e. The van der Waals surface area contributed by atoms with Gasteiger partial charge in [0.25, 0.3) is 0 Å². The molecular formula is C11H16BrNO3S. The van der Waals surface area contributed by atoms with Crippen LogP contribution < -0.4 is 4.72 Å². The highest BCUT2D eigenvalue weighted by molar-refractivity contribution is 9.10. The van der Waals surface area contributed by atoms with Gasteiger partial charge >= 0.3 is 0 Å². The highest BCUT2D eigenvalue weighted by Crippen LogP contribution is 2.21. The van der Waals surface area contributed by atoms with Gasteiger partial charge in [-0.2, -0.15) is 0 Å². The number of ether oxygens (including phenoxy) is 1. The molecule has 0 atom stereocenters. The van der Waals surface area contributed by atoms with Crippen LogP contribution in [0.1, 0.15) is 12.5 Å². The van der Waals surface area contributed by atoms with Crippen molar-refractivity contribution in [2.45, 2.75) is 13.8 Å². The summed E-state index contributed by atoms with van der Waals surface area (Å²) in [6.45, 7) is 4.41. The van der Waals surface area contributed by atoms with Gasteiger partial charge in [-0.1, -0.05) is 22.0 Å². The molecule has 0 spiro atoms. The molecule has 0 radical (unpaired) electrons. The lowest BCUT2D eigenvalue weighted by molar-refractivity contribution is 0.163. The molecule has 96 valence electrons. The van der Waals surface area contributed by atoms with Gasteiger partial charge in [-0.3, -0.25) is 4.72 Å². The first-order valence-electron chi connectivity index (χ1n) is 5.29. The Morgan fingerprint density at radius 3 is 2.76 bits per heavy atom. The molecule has 0 amide bonds. The second kappa shape index (κ2) is 6.37. The van der Waals surface area contributed by atoms with Gasteiger partial charge in [0.05, 0.1) is 18.0 Å². The SMILES string of the molecule is CCOCCS(=O)(=O)Nc1cc(Br)ccc1C. The minimum absolute atomic E-state index is 0.0349. The number of hydrogen-bond acceptors (Lipinski definition) is 3. The number of hydrogen-bond donors (Lipinski definition) is 1. The Morgan fingerprint density at radius 1 is 1.41 bits per heavy atom. The topological polar surface area (TPSA) is 55.4 Å². The molecule has 0 heterocycles. The van der Waals surface area contributed by atoms with Gasteiger partial charge < -0.3 is 4.74 Å². The van der Waals surface area contributed by atoms with E-state index in [9.17, 15) is 8.42 Å². The molecule has 0 saturated heterocycles. The standard InChI is InChI=1S/C11H16BrNO3S/c1-3-16-6-7-17(14,15)13-11-8-10(12)5-4-9(11)2/h4-5,8,13H,3,6-7H2,1-2H3. The summed E-state index contributed by atoms with van der Waals surface area (Å²) in [5, 5.41) is 0. The number of sulfonamides is 1. The predicted molar refractivity (Wildman–Crippen MR) is 72.8 cm³/mol. The van der Waals surface area contributed by atoms with Crippen molar-refractivity contribution in [1.82, 2.24) is 0 Å². The summed E-state index contributed by atoms with van der Waals surface area (Å²) >= 11 is 3.31. The van der Waals surface area contributed by atoms with Crippen molar-refractivity contribution in [2.24, 2.45) is 0 Å². The molecule has 17 heavy (non-hydrogen) atoms. The molecule has 0 unspecified atom stereocenters. The molecule has 0 aliphatic rings. The zero-order chi connectivity index (χ0) is 12.9. The van der Waals surface area contributed by atoms with Gasteiger partial charge in [-0.05, 0) is 31.5 Å². The Hall–Kier alpha value is -0.590. The van der Waals surface area contributed by atoms with E-state index in [0.717, 1.165) is 10.0 Å². The molecule has 1 rings (SSSR count). The van der Waals surface area contributed by atoms with E-state index in [1.54, 1.807) is 6.07 Å². The van der Waals surface area contributed by atoms with E-state index in [1.165, 1.54) is 0 Å². The number of halogens is 1. The largest absolute Gasteiger partial charge is 0.381 e. The zero-order valence-corrected chi connectivity index (χ0v) is 12.3. The Kier molecular flexibility index (Phi) is 5.42. The van der Waals surface area contributed by atoms with Crippen molar-refractivity contribution in [3.05, 3.63) is 28.2 Å². The highest BCUT2D eigenvalue weighted by atomic mass is 79.9. The molecule has 6 heteroatoms. The summed E-state index contributed by atoms with van der Waals surface area (Å²) < 4.78 is 31.9. The van der Waals surface area contributed by atoms with E-state index in [4.69, 9.17) is 4.74 Å². The van der Waals surface area contributed by atoms with Gasteiger partial charge in [0.1, 0.15) is 0 Å². The molecule has 0 aliphatic carbocycles. The van der Waals surface area contributed by atoms with E-state index in [1.807, 2.05) is 26.0 Å². The minimum atomic E-state index is -3.34. The fraction of sp³-hybridized carbons (Fsp3) is 0.455. The fourth-order valence-corrected chi connectivity index (χ4v) is 2.59. The van der Waals surface area contributed by atoms with Crippen LogP contribution in [0.15, 0.2) is 22.7 Å². The van der Waals surface area contributed by atoms with Crippen LogP contribution in [0.25, 0.3) is 0 Å². The number of aryl methyl sites for hydroxylation is 1. The van der Waals surface area contributed by atoms with E-state index < -0.39 is 10.0 Å². The maximum atomic E-state index is 11.7. The molecule has 0 fully saturated rings. The number of benzene rings is 1. The summed E-state index contributed by atoms with van der Waals surface area (Å²) in [7, 11) is -3.34. The first kappa shape index (κ1) is 14.5. The average molecular weight is 322 g/mol. The summed E-state index contributed by atoms with van der Waals surface area (Å²) in [5.41, 5.74) is 1.48. The Balaban J connectivity index is 2.72. The number of nitrogens with one attached hydrogen (secondary N) is 1. The quantitative estimate of drug-likeness (QED) is 0.819. The molecular weight excluding hydrogens is 306 g/mol. The minimum Gasteiger partial charge on any atom is -0.381 e. The summed E-state index contributed by atoms with van der Waals surface area (Å²) in [5.74, 6) is -0.0349. The van der Waals surface area contributed by atoms with Crippen molar-refractivity contribution in [1.29, 1.82) is 0 Å². The van der Waals surface area contributed by atoms with Gasteiger partial charge in [-0.15, -0.1) is 0 Å². The van der Waals surface area contributed by atoms with Crippen LogP contribution in [0.3, 0.4) is 0 Å². The van der Waals surface area contributed by atoms with Crippen LogP contribution in [0.2, 0.25) is 0 Å². The van der Waals surface area contributed by atoms with Crippen molar-refractivity contribution in [2.75, 3.05) is 23.7 Å². The van der Waals surface area contributed by atoms with Crippen LogP contribution in [0.4, 0.5) is 5.69 Å². The highest BCUT2D eigenvalue weighted by Gasteiger charge is 2.11. The van der Waals surface area contributed by atoms with Crippen LogP contribution >= 0.6 is 15.9 Å². The normalized spacial score (nSPS) is 11.5. The zero-order valence-electron chi connectivity index (χ0n) is 9.86. The van der Waals surface area contributed by atoms with Crippen LogP contribution in [-0.4, -0.2) is 27.4 Å². The molecule has 4 nitrogen and oxygen atoms in total. The number of rotatable bonds is 6. The molecule has 1 N–H and O–H groups in total. The second-order valence-corrected chi connectivity index (χ2v) is 6.33. The molecule has 1 aromatic rings. The lowest BCUT2D eigenvalue weighted by atomic mass is 10.2. The maximum Gasteiger partial charge on any atom is 0.235 e. The van der Waals surface area contributed by atoms with Gasteiger partial charge in [0, 0.05) is 11.1 Å². The van der Waals surface area contributed by atoms with Crippen LogP contribution in [-0.2, 0) is 14.8 Å². The monoisotopic (exact) mass is 321 g/mol. The molecule has 1 aromatic carbocycles. The summed E-state index contributed by atoms with van der Waals surface area (Å²) in [6.07, 6.45) is 0. The predicted octanol–water partition coefficient (Wildman–Crippen LogP) is 2.54. The maximum absolute atomic E-state index is 11.7. The lowest BCUT2D eigenvalue weighted by Gasteiger charge is -2.10. The Bertz CT molecular complexity index is 474. The fourth-order valence-electron chi connectivity index (χ4n) is 1.24. The second-order valence-electron chi connectivity index (χ2n) is 3.58. The Labute approximate surface area is 111 Å². The lowest BCUT2D eigenvalue weighted by Crippen LogP contribution is -2.20. The third-order valence-electron chi connectivity index (χ3n) is 2.17. The molecule has 0 aliphatic heterocycles. The van der Waals surface area contributed by atoms with Crippen LogP contribution in [0.5, 0.6) is 0 Å². The first-order valence-corrected chi connectivity index (χ1v) is 7.73. The van der Waals surface area contributed by atoms with Crippen LogP contribution in [0, 0.1) is 6.92 Å².